The van der Waals surface area contributed by atoms with Gasteiger partial charge in [0, 0.05) is 13.0 Å². The van der Waals surface area contributed by atoms with Crippen LogP contribution in [0.5, 0.6) is 0 Å². The lowest BCUT2D eigenvalue weighted by atomic mass is 10.0. The van der Waals surface area contributed by atoms with Crippen molar-refractivity contribution >= 4 is 13.6 Å². The molecule has 3 atom stereocenters. The van der Waals surface area contributed by atoms with Gasteiger partial charge in [-0.15, -0.1) is 0 Å². The summed E-state index contributed by atoms with van der Waals surface area (Å²) in [5.41, 5.74) is 0. The quantitative estimate of drug-likeness (QED) is 0.0278. The van der Waals surface area contributed by atoms with Crippen LogP contribution in [0.25, 0.3) is 0 Å². The molecule has 2 unspecified atom stereocenters. The summed E-state index contributed by atoms with van der Waals surface area (Å²) in [7, 11) is 1.34. The molecule has 9 heteroatoms. The molecule has 51 heavy (non-hydrogen) atoms. The Morgan fingerprint density at radius 2 is 1.04 bits per heavy atom. The molecule has 0 heterocycles. The smallest absolute Gasteiger partial charge is 0.394 e. The molecule has 0 aliphatic heterocycles. The number of phosphoric ester groups is 1. The van der Waals surface area contributed by atoms with Gasteiger partial charge in [0.25, 0.3) is 0 Å². The molecule has 0 amide bonds. The van der Waals surface area contributed by atoms with Crippen LogP contribution in [-0.2, 0) is 23.1 Å². The van der Waals surface area contributed by atoms with Crippen LogP contribution in [-0.4, -0.2) is 80.0 Å². The van der Waals surface area contributed by atoms with E-state index in [0.29, 0.717) is 24.1 Å². The molecule has 2 N–H and O–H groups in total. The number of ether oxygens (including phenoxy) is 1. The van der Waals surface area contributed by atoms with Crippen LogP contribution in [0.15, 0.2) is 12.2 Å². The fourth-order valence-electron chi connectivity index (χ4n) is 6.22. The van der Waals surface area contributed by atoms with Gasteiger partial charge in [0.2, 0.25) is 0 Å². The number of quaternary nitrogens is 1. The van der Waals surface area contributed by atoms with Gasteiger partial charge in [0.05, 0.1) is 27.7 Å². The highest BCUT2D eigenvalue weighted by Crippen LogP contribution is 2.45. The van der Waals surface area contributed by atoms with Crippen LogP contribution in [0.1, 0.15) is 194 Å². The fraction of sp³-hybridized carbons (Fsp3) is 0.929. The lowest BCUT2D eigenvalue weighted by Crippen LogP contribution is -2.41. The first-order chi connectivity index (χ1) is 24.6. The van der Waals surface area contributed by atoms with Crippen molar-refractivity contribution in [3.8, 4) is 0 Å². The number of allylic oxidation sites excluding steroid dienone is 2. The van der Waals surface area contributed by atoms with E-state index in [1.54, 1.807) is 0 Å². The monoisotopic (exact) mass is 747 g/mol. The SMILES string of the molecule is CCCCCCCC/C=C\CCCCCCCCO[C@@H](CO)C(OP(=O)(O)OCC[N+](C)(C)C)C(=O)CCCCCCCCCCCCCCC. The molecular weight excluding hydrogens is 661 g/mol. The largest absolute Gasteiger partial charge is 0.473 e. The summed E-state index contributed by atoms with van der Waals surface area (Å²) in [5, 5.41) is 10.2. The second-order valence-corrected chi connectivity index (χ2v) is 17.2. The Labute approximate surface area is 316 Å². The number of aliphatic hydroxyl groups excluding tert-OH is 1. The zero-order valence-electron chi connectivity index (χ0n) is 34.3. The minimum atomic E-state index is -4.53. The highest BCUT2D eigenvalue weighted by atomic mass is 31.2. The van der Waals surface area contributed by atoms with Gasteiger partial charge in [-0.05, 0) is 38.5 Å². The van der Waals surface area contributed by atoms with Gasteiger partial charge in [-0.3, -0.25) is 13.8 Å². The van der Waals surface area contributed by atoms with E-state index in [-0.39, 0.29) is 18.8 Å². The number of likely N-dealkylation sites (N-methyl/N-ethyl adjacent to an activating group) is 1. The van der Waals surface area contributed by atoms with Gasteiger partial charge in [-0.2, -0.15) is 0 Å². The van der Waals surface area contributed by atoms with E-state index in [9.17, 15) is 19.4 Å². The van der Waals surface area contributed by atoms with Crippen LogP contribution in [0.4, 0.5) is 0 Å². The lowest BCUT2D eigenvalue weighted by molar-refractivity contribution is -0.870. The van der Waals surface area contributed by atoms with Gasteiger partial charge in [0.1, 0.15) is 19.3 Å². The zero-order valence-corrected chi connectivity index (χ0v) is 35.2. The Kier molecular flexibility index (Phi) is 34.7. The third kappa shape index (κ3) is 34.9. The maximum atomic E-state index is 13.3. The van der Waals surface area contributed by atoms with E-state index in [1.165, 1.54) is 122 Å². The van der Waals surface area contributed by atoms with Crippen LogP contribution in [0.2, 0.25) is 0 Å². The number of aliphatic hydroxyl groups is 1. The molecule has 304 valence electrons. The molecular formula is C42H85NO7P+. The van der Waals surface area contributed by atoms with Gasteiger partial charge >= 0.3 is 7.82 Å². The first-order valence-corrected chi connectivity index (χ1v) is 22.9. The molecule has 8 nitrogen and oxygen atoms in total. The van der Waals surface area contributed by atoms with Gasteiger partial charge in [-0.1, -0.05) is 161 Å². The van der Waals surface area contributed by atoms with Crippen molar-refractivity contribution in [1.82, 2.24) is 0 Å². The summed E-state index contributed by atoms with van der Waals surface area (Å²) in [6, 6.07) is 0. The summed E-state index contributed by atoms with van der Waals surface area (Å²) in [6.07, 6.45) is 35.2. The average Bonchev–Trinajstić information content (AvgIpc) is 3.08. The van der Waals surface area contributed by atoms with Crippen molar-refractivity contribution < 1.29 is 37.6 Å². The third-order valence-electron chi connectivity index (χ3n) is 9.61. The van der Waals surface area contributed by atoms with Crippen molar-refractivity contribution in [2.75, 3.05) is 47.5 Å². The Bertz CT molecular complexity index is 848. The van der Waals surface area contributed by atoms with E-state index in [2.05, 4.69) is 26.0 Å². The molecule has 0 radical (unpaired) electrons. The number of carbonyl (C=O) groups excluding carboxylic acids is 1. The van der Waals surface area contributed by atoms with Crippen LogP contribution >= 0.6 is 7.82 Å². The van der Waals surface area contributed by atoms with Crippen molar-refractivity contribution in [1.29, 1.82) is 0 Å². The molecule has 0 aromatic heterocycles. The Morgan fingerprint density at radius 3 is 1.47 bits per heavy atom. The number of Topliss-reactive ketones (excluding diaryl/α,β-unsaturated/α-hetero) is 1. The summed E-state index contributed by atoms with van der Waals surface area (Å²) in [6.45, 7) is 4.91. The number of unbranched alkanes of at least 4 members (excludes halogenated alkanes) is 24. The minimum Gasteiger partial charge on any atom is -0.394 e. The van der Waals surface area contributed by atoms with Gasteiger partial charge in [0.15, 0.2) is 11.9 Å². The molecule has 0 rings (SSSR count). The molecule has 0 bridgehead atoms. The molecule has 0 saturated heterocycles. The molecule has 0 aliphatic carbocycles. The predicted octanol–water partition coefficient (Wildman–Crippen LogP) is 11.7. The lowest BCUT2D eigenvalue weighted by Gasteiger charge is -2.27. The number of hydrogen-bond acceptors (Lipinski definition) is 6. The van der Waals surface area contributed by atoms with Crippen molar-refractivity contribution in [2.24, 2.45) is 0 Å². The third-order valence-corrected chi connectivity index (χ3v) is 10.6. The second kappa shape index (κ2) is 35.1. The minimum absolute atomic E-state index is 0.0111. The summed E-state index contributed by atoms with van der Waals surface area (Å²) < 4.78 is 30.0. The maximum absolute atomic E-state index is 13.3. The van der Waals surface area contributed by atoms with E-state index in [4.69, 9.17) is 13.8 Å². The number of carbonyl (C=O) groups is 1. The Hall–Kier alpha value is -0.600. The Morgan fingerprint density at radius 1 is 0.627 bits per heavy atom. The summed E-state index contributed by atoms with van der Waals surface area (Å²) in [4.78, 5) is 23.8. The topological polar surface area (TPSA) is 102 Å². The summed E-state index contributed by atoms with van der Waals surface area (Å²) >= 11 is 0. The van der Waals surface area contributed by atoms with E-state index in [0.717, 1.165) is 44.9 Å². The molecule has 0 aromatic rings. The summed E-state index contributed by atoms with van der Waals surface area (Å²) in [5.74, 6) is -0.317. The average molecular weight is 747 g/mol. The first kappa shape index (κ1) is 50.4. The maximum Gasteiger partial charge on any atom is 0.473 e. The highest BCUT2D eigenvalue weighted by molar-refractivity contribution is 7.47. The van der Waals surface area contributed by atoms with Gasteiger partial charge < -0.3 is 19.2 Å². The van der Waals surface area contributed by atoms with E-state index < -0.39 is 26.6 Å². The Balaban J connectivity index is 4.51. The van der Waals surface area contributed by atoms with Crippen LogP contribution < -0.4 is 0 Å². The van der Waals surface area contributed by atoms with Gasteiger partial charge in [-0.25, -0.2) is 4.57 Å². The number of rotatable bonds is 40. The van der Waals surface area contributed by atoms with Crippen molar-refractivity contribution in [2.45, 2.75) is 206 Å². The molecule has 0 fully saturated rings. The van der Waals surface area contributed by atoms with Crippen molar-refractivity contribution in [3.63, 3.8) is 0 Å². The second-order valence-electron chi connectivity index (χ2n) is 15.8. The van der Waals surface area contributed by atoms with Crippen LogP contribution in [0.3, 0.4) is 0 Å². The number of ketones is 1. The number of phosphoric acid groups is 1. The molecule has 0 saturated carbocycles. The fourth-order valence-corrected chi connectivity index (χ4v) is 7.13. The molecule has 0 spiro atoms. The highest BCUT2D eigenvalue weighted by Gasteiger charge is 2.37. The molecule has 0 aliphatic rings. The first-order valence-electron chi connectivity index (χ1n) is 21.4. The van der Waals surface area contributed by atoms with E-state index in [1.807, 2.05) is 21.1 Å². The number of hydrogen-bond donors (Lipinski definition) is 2. The normalized spacial score (nSPS) is 14.6. The predicted molar refractivity (Wildman–Crippen MR) is 215 cm³/mol. The zero-order chi connectivity index (χ0) is 37.9. The number of nitrogens with zero attached hydrogens (tertiary/aromatic N) is 1. The van der Waals surface area contributed by atoms with Crippen molar-refractivity contribution in [3.05, 3.63) is 12.2 Å². The standard InChI is InChI=1S/C42H84NO7P/c1-6-8-10-12-14-16-18-20-21-22-24-26-28-30-32-34-37-48-41(39-44)42(50-51(46,47)49-38-36-43(3,4)5)40(45)35-33-31-29-27-25-23-19-17-15-13-11-9-7-2/h20-21,41-42,44H,6-19,22-39H2,1-5H3/p+1/b21-20-/t41-,42?/m0/s1. The van der Waals surface area contributed by atoms with Crippen LogP contribution in [0, 0.1) is 0 Å². The molecule has 0 aromatic carbocycles. The van der Waals surface area contributed by atoms with E-state index >= 15 is 0 Å².